The van der Waals surface area contributed by atoms with Crippen molar-refractivity contribution in [2.45, 2.75) is 12.4 Å². The molecule has 0 aromatic carbocycles. The van der Waals surface area contributed by atoms with Gasteiger partial charge in [0.15, 0.2) is 5.50 Å². The first-order valence-corrected chi connectivity index (χ1v) is 5.28. The zero-order valence-corrected chi connectivity index (χ0v) is 8.72. The van der Waals surface area contributed by atoms with Crippen LogP contribution in [0.4, 0.5) is 9.59 Å². The maximum absolute atomic E-state index is 11.5. The van der Waals surface area contributed by atoms with Crippen LogP contribution >= 0.6 is 11.8 Å². The predicted molar refractivity (Wildman–Crippen MR) is 51.4 cm³/mol. The Bertz CT molecular complexity index is 234. The molecule has 0 bridgehead atoms. The van der Waals surface area contributed by atoms with Gasteiger partial charge in [-0.3, -0.25) is 4.90 Å². The molecule has 1 aliphatic heterocycles. The second kappa shape index (κ2) is 3.87. The number of nitrogens with zero attached hydrogens (tertiary/aromatic N) is 2. The number of hydrogen-bond acceptors (Lipinski definition) is 3. The van der Waals surface area contributed by atoms with Gasteiger partial charge in [0.1, 0.15) is 0 Å². The molecule has 0 saturated carbocycles. The summed E-state index contributed by atoms with van der Waals surface area (Å²) in [5.41, 5.74) is -0.235. The zero-order chi connectivity index (χ0) is 10.0. The predicted octanol–water partition coefficient (Wildman–Crippen LogP) is 0.730. The van der Waals surface area contributed by atoms with Crippen LogP contribution in [0.5, 0.6) is 0 Å². The Hall–Kier alpha value is -0.910. The minimum Gasteiger partial charge on any atom is -0.308 e. The van der Waals surface area contributed by atoms with E-state index >= 15 is 0 Å². The number of thioether (sulfide) groups is 1. The fourth-order valence-electron chi connectivity index (χ4n) is 1.15. The lowest BCUT2D eigenvalue weighted by Gasteiger charge is -2.37. The summed E-state index contributed by atoms with van der Waals surface area (Å²) >= 11 is 1.43. The number of carbonyl (C=O) groups is 2. The molecule has 0 aromatic rings. The van der Waals surface area contributed by atoms with E-state index in [-0.39, 0.29) is 17.6 Å². The van der Waals surface area contributed by atoms with Crippen molar-refractivity contribution in [1.82, 2.24) is 15.1 Å². The first kappa shape index (κ1) is 10.2. The number of urea groups is 2. The number of carbonyl (C=O) groups excluding carboxylic acids is 2. The van der Waals surface area contributed by atoms with E-state index in [9.17, 15) is 9.59 Å². The summed E-state index contributed by atoms with van der Waals surface area (Å²) in [6.45, 7) is 2.47. The van der Waals surface area contributed by atoms with Gasteiger partial charge in [-0.1, -0.05) is 0 Å². The van der Waals surface area contributed by atoms with Crippen LogP contribution in [0.25, 0.3) is 0 Å². The molecule has 74 valence electrons. The van der Waals surface area contributed by atoms with Crippen molar-refractivity contribution in [2.75, 3.05) is 19.8 Å². The van der Waals surface area contributed by atoms with Gasteiger partial charge in [-0.05, 0) is 13.2 Å². The molecule has 1 heterocycles. The summed E-state index contributed by atoms with van der Waals surface area (Å²) in [4.78, 5) is 25.4. The molecular formula is C7H13N3O2S. The van der Waals surface area contributed by atoms with Gasteiger partial charge in [0.05, 0.1) is 0 Å². The largest absolute Gasteiger partial charge is 0.330 e. The highest BCUT2D eigenvalue weighted by atomic mass is 32.2. The van der Waals surface area contributed by atoms with Crippen molar-refractivity contribution in [1.29, 1.82) is 0 Å². The molecule has 1 rings (SSSR count). The summed E-state index contributed by atoms with van der Waals surface area (Å²) < 4.78 is 0. The van der Waals surface area contributed by atoms with E-state index in [0.717, 1.165) is 4.90 Å². The molecule has 1 N–H and O–H groups in total. The molecular weight excluding hydrogens is 190 g/mol. The lowest BCUT2D eigenvalue weighted by Crippen LogP contribution is -2.62. The normalized spacial score (nSPS) is 23.5. The van der Waals surface area contributed by atoms with Crippen LogP contribution in [-0.2, 0) is 0 Å². The Morgan fingerprint density at radius 1 is 1.54 bits per heavy atom. The second-order valence-corrected chi connectivity index (χ2v) is 3.58. The highest BCUT2D eigenvalue weighted by Crippen LogP contribution is 2.16. The summed E-state index contributed by atoms with van der Waals surface area (Å²) in [6, 6.07) is -0.584. The number of hydrogen-bond donors (Lipinski definition) is 1. The summed E-state index contributed by atoms with van der Waals surface area (Å²) in [7, 11) is 1.47. The maximum atomic E-state index is 11.5. The van der Waals surface area contributed by atoms with Crippen molar-refractivity contribution >= 4 is 23.8 Å². The van der Waals surface area contributed by atoms with Gasteiger partial charge in [0.2, 0.25) is 0 Å². The molecule has 13 heavy (non-hydrogen) atoms. The van der Waals surface area contributed by atoms with E-state index in [2.05, 4.69) is 5.32 Å². The number of nitrogens with one attached hydrogen (secondary N) is 1. The van der Waals surface area contributed by atoms with E-state index in [0.29, 0.717) is 6.54 Å². The van der Waals surface area contributed by atoms with Gasteiger partial charge in [-0.2, -0.15) is 0 Å². The van der Waals surface area contributed by atoms with Crippen LogP contribution in [-0.4, -0.2) is 47.2 Å². The Morgan fingerprint density at radius 2 is 2.15 bits per heavy atom. The topological polar surface area (TPSA) is 52.7 Å². The Morgan fingerprint density at radius 3 is 2.62 bits per heavy atom. The van der Waals surface area contributed by atoms with E-state index < -0.39 is 0 Å². The van der Waals surface area contributed by atoms with E-state index in [4.69, 9.17) is 0 Å². The van der Waals surface area contributed by atoms with Gasteiger partial charge >= 0.3 is 12.1 Å². The molecule has 0 aromatic heterocycles. The highest BCUT2D eigenvalue weighted by Gasteiger charge is 2.34. The van der Waals surface area contributed by atoms with Crippen LogP contribution in [0, 0.1) is 0 Å². The molecule has 0 radical (unpaired) electrons. The number of rotatable bonds is 2. The average molecular weight is 203 g/mol. The third kappa shape index (κ3) is 1.72. The van der Waals surface area contributed by atoms with Crippen molar-refractivity contribution in [3.05, 3.63) is 0 Å². The fourth-order valence-corrected chi connectivity index (χ4v) is 1.86. The number of amides is 4. The van der Waals surface area contributed by atoms with Crippen molar-refractivity contribution in [3.63, 3.8) is 0 Å². The number of imide groups is 1. The third-order valence-electron chi connectivity index (χ3n) is 1.93. The summed E-state index contributed by atoms with van der Waals surface area (Å²) in [5, 5.41) is 2.70. The van der Waals surface area contributed by atoms with Gasteiger partial charge < -0.3 is 5.32 Å². The molecule has 1 unspecified atom stereocenters. The standard InChI is InChI=1S/C7H13N3O2S/c1-4-10-6(13-3)8-5(11)9(2)7(10)12/h6H,4H2,1-3H3,(H,8,11). The smallest absolute Gasteiger partial charge is 0.308 e. The zero-order valence-electron chi connectivity index (χ0n) is 7.90. The molecule has 6 heteroatoms. The van der Waals surface area contributed by atoms with Crippen LogP contribution < -0.4 is 5.32 Å². The second-order valence-electron chi connectivity index (χ2n) is 2.67. The maximum Gasteiger partial charge on any atom is 0.330 e. The Balaban J connectivity index is 2.81. The van der Waals surface area contributed by atoms with Crippen LogP contribution in [0.1, 0.15) is 6.92 Å². The van der Waals surface area contributed by atoms with Gasteiger partial charge in [0, 0.05) is 13.6 Å². The fraction of sp³-hybridized carbons (Fsp3) is 0.714. The molecule has 1 atom stereocenters. The highest BCUT2D eigenvalue weighted by molar-refractivity contribution is 7.99. The van der Waals surface area contributed by atoms with Crippen molar-refractivity contribution < 1.29 is 9.59 Å². The van der Waals surface area contributed by atoms with Gasteiger partial charge in [-0.15, -0.1) is 11.8 Å². The average Bonchev–Trinajstić information content (AvgIpc) is 2.13. The summed E-state index contributed by atoms with van der Waals surface area (Å²) in [5.74, 6) is 0. The first-order chi connectivity index (χ1) is 6.11. The van der Waals surface area contributed by atoms with Crippen LogP contribution in [0.3, 0.4) is 0 Å². The third-order valence-corrected chi connectivity index (χ3v) is 2.75. The van der Waals surface area contributed by atoms with Gasteiger partial charge in [0.25, 0.3) is 0 Å². The first-order valence-electron chi connectivity index (χ1n) is 3.99. The molecule has 5 nitrogen and oxygen atoms in total. The van der Waals surface area contributed by atoms with Crippen LogP contribution in [0.2, 0.25) is 0 Å². The lowest BCUT2D eigenvalue weighted by atomic mass is 10.5. The van der Waals surface area contributed by atoms with E-state index in [1.807, 2.05) is 13.2 Å². The quantitative estimate of drug-likeness (QED) is 0.719. The molecule has 1 fully saturated rings. The Labute approximate surface area is 81.4 Å². The molecule has 1 aliphatic rings. The van der Waals surface area contributed by atoms with Gasteiger partial charge in [-0.25, -0.2) is 14.5 Å². The lowest BCUT2D eigenvalue weighted by molar-refractivity contribution is 0.135. The molecule has 0 spiro atoms. The van der Waals surface area contributed by atoms with Crippen LogP contribution in [0.15, 0.2) is 0 Å². The minimum absolute atomic E-state index is 0.235. The summed E-state index contributed by atoms with van der Waals surface area (Å²) in [6.07, 6.45) is 1.85. The monoisotopic (exact) mass is 203 g/mol. The molecule has 4 amide bonds. The van der Waals surface area contributed by atoms with E-state index in [1.165, 1.54) is 18.8 Å². The SMILES string of the molecule is CCN1C(=O)N(C)C(=O)NC1SC. The minimum atomic E-state index is -0.339. The van der Waals surface area contributed by atoms with Crippen molar-refractivity contribution in [2.24, 2.45) is 0 Å². The Kier molecular flexibility index (Phi) is 3.02. The van der Waals surface area contributed by atoms with E-state index in [1.54, 1.807) is 4.90 Å². The van der Waals surface area contributed by atoms with Crippen molar-refractivity contribution in [3.8, 4) is 0 Å². The molecule has 1 saturated heterocycles. The molecule has 0 aliphatic carbocycles.